The van der Waals surface area contributed by atoms with E-state index in [1.807, 2.05) is 6.26 Å². The Kier molecular flexibility index (Phi) is 6.92. The molecule has 0 aliphatic carbocycles. The van der Waals surface area contributed by atoms with Crippen molar-refractivity contribution >= 4 is 35.9 Å². The highest BCUT2D eigenvalue weighted by molar-refractivity contribution is 7.99. The van der Waals surface area contributed by atoms with Crippen molar-refractivity contribution in [1.82, 2.24) is 10.3 Å². The molecule has 1 rings (SSSR count). The molecule has 0 radical (unpaired) electrons. The van der Waals surface area contributed by atoms with E-state index in [1.165, 1.54) is 0 Å². The molecule has 0 saturated carbocycles. The lowest BCUT2D eigenvalue weighted by molar-refractivity contribution is 0.0949. The molecule has 0 bridgehead atoms. The summed E-state index contributed by atoms with van der Waals surface area (Å²) in [6.45, 7) is 2.69. The first-order valence-electron chi connectivity index (χ1n) is 4.67. The summed E-state index contributed by atoms with van der Waals surface area (Å²) in [6, 6.07) is 5.02. The third kappa shape index (κ3) is 4.72. The van der Waals surface area contributed by atoms with Crippen LogP contribution in [0.4, 0.5) is 5.82 Å². The summed E-state index contributed by atoms with van der Waals surface area (Å²) in [5.41, 5.74) is 5.85. The van der Waals surface area contributed by atoms with Gasteiger partial charge in [-0.3, -0.25) is 4.79 Å². The van der Waals surface area contributed by atoms with E-state index < -0.39 is 0 Å². The molecule has 1 aromatic rings. The summed E-state index contributed by atoms with van der Waals surface area (Å²) in [4.78, 5) is 15.5. The summed E-state index contributed by atoms with van der Waals surface area (Å²) >= 11 is 1.71. The summed E-state index contributed by atoms with van der Waals surface area (Å²) in [5, 5.41) is 3.20. The molecule has 6 heteroatoms. The Morgan fingerprint density at radius 1 is 1.62 bits per heavy atom. The fraction of sp³-hybridized carbons (Fsp3) is 0.400. The van der Waals surface area contributed by atoms with Gasteiger partial charge in [-0.2, -0.15) is 11.8 Å². The van der Waals surface area contributed by atoms with Crippen LogP contribution in [-0.4, -0.2) is 28.9 Å². The summed E-state index contributed by atoms with van der Waals surface area (Å²) < 4.78 is 0. The fourth-order valence-corrected chi connectivity index (χ4v) is 1.24. The number of nitrogens with zero attached hydrogens (tertiary/aromatic N) is 1. The van der Waals surface area contributed by atoms with Gasteiger partial charge in [0.05, 0.1) is 0 Å². The van der Waals surface area contributed by atoms with E-state index in [2.05, 4.69) is 17.2 Å². The van der Waals surface area contributed by atoms with E-state index in [-0.39, 0.29) is 18.3 Å². The number of carbonyl (C=O) groups excluding carboxylic acids is 1. The van der Waals surface area contributed by atoms with Crippen LogP contribution in [-0.2, 0) is 0 Å². The zero-order valence-corrected chi connectivity index (χ0v) is 10.9. The average Bonchev–Trinajstić information content (AvgIpc) is 2.25. The van der Waals surface area contributed by atoms with Crippen molar-refractivity contribution in [2.24, 2.45) is 0 Å². The van der Waals surface area contributed by atoms with E-state index in [9.17, 15) is 4.79 Å². The van der Waals surface area contributed by atoms with Gasteiger partial charge in [0.2, 0.25) is 0 Å². The van der Waals surface area contributed by atoms with Crippen LogP contribution >= 0.6 is 24.2 Å². The van der Waals surface area contributed by atoms with Gasteiger partial charge in [0.15, 0.2) is 0 Å². The van der Waals surface area contributed by atoms with Crippen LogP contribution < -0.4 is 11.1 Å². The standard InChI is InChI=1S/C10H15N3OS.ClH/c1-7(15-2)6-12-10(14)8-4-3-5-9(11)13-8;/h3-5,7H,6H2,1-2H3,(H2,11,13)(H,12,14);1H. The van der Waals surface area contributed by atoms with Gasteiger partial charge in [0.1, 0.15) is 11.5 Å². The maximum absolute atomic E-state index is 11.6. The predicted octanol–water partition coefficient (Wildman–Crippen LogP) is 1.57. The zero-order valence-electron chi connectivity index (χ0n) is 9.27. The molecule has 0 spiro atoms. The number of carbonyl (C=O) groups is 1. The number of thioether (sulfide) groups is 1. The van der Waals surface area contributed by atoms with Crippen molar-refractivity contribution in [3.05, 3.63) is 23.9 Å². The number of halogens is 1. The predicted molar refractivity (Wildman–Crippen MR) is 71.2 cm³/mol. The summed E-state index contributed by atoms with van der Waals surface area (Å²) in [5.74, 6) is 0.184. The molecule has 90 valence electrons. The van der Waals surface area contributed by atoms with Crippen molar-refractivity contribution in [3.8, 4) is 0 Å². The smallest absolute Gasteiger partial charge is 0.270 e. The zero-order chi connectivity index (χ0) is 11.3. The number of amides is 1. The van der Waals surface area contributed by atoms with Gasteiger partial charge in [-0.1, -0.05) is 13.0 Å². The SMILES string of the molecule is CSC(C)CNC(=O)c1cccc(N)n1.Cl. The first-order chi connectivity index (χ1) is 7.13. The molecular weight excluding hydrogens is 246 g/mol. The second-order valence-electron chi connectivity index (χ2n) is 3.20. The lowest BCUT2D eigenvalue weighted by atomic mass is 10.3. The van der Waals surface area contributed by atoms with Gasteiger partial charge >= 0.3 is 0 Å². The van der Waals surface area contributed by atoms with Gasteiger partial charge in [0.25, 0.3) is 5.91 Å². The largest absolute Gasteiger partial charge is 0.384 e. The molecule has 1 heterocycles. The van der Waals surface area contributed by atoms with Crippen LogP contribution in [0.25, 0.3) is 0 Å². The van der Waals surface area contributed by atoms with Crippen LogP contribution in [0, 0.1) is 0 Å². The third-order valence-corrected chi connectivity index (χ3v) is 2.93. The minimum Gasteiger partial charge on any atom is -0.384 e. The molecule has 16 heavy (non-hydrogen) atoms. The van der Waals surface area contributed by atoms with Crippen molar-refractivity contribution < 1.29 is 4.79 Å². The minimum atomic E-state index is -0.178. The molecule has 0 aromatic carbocycles. The molecular formula is C10H16ClN3OS. The Bertz CT molecular complexity index is 349. The molecule has 1 unspecified atom stereocenters. The summed E-state index contributed by atoms with van der Waals surface area (Å²) in [7, 11) is 0. The lowest BCUT2D eigenvalue weighted by Crippen LogP contribution is -2.30. The van der Waals surface area contributed by atoms with Crippen molar-refractivity contribution in [1.29, 1.82) is 0 Å². The van der Waals surface area contributed by atoms with Crippen LogP contribution in [0.15, 0.2) is 18.2 Å². The number of nitrogens with one attached hydrogen (secondary N) is 1. The molecule has 1 amide bonds. The van der Waals surface area contributed by atoms with Gasteiger partial charge in [-0.15, -0.1) is 12.4 Å². The quantitative estimate of drug-likeness (QED) is 0.863. The van der Waals surface area contributed by atoms with Crippen LogP contribution in [0.5, 0.6) is 0 Å². The molecule has 4 nitrogen and oxygen atoms in total. The molecule has 0 saturated heterocycles. The number of nitrogens with two attached hydrogens (primary N) is 1. The Morgan fingerprint density at radius 3 is 2.88 bits per heavy atom. The number of rotatable bonds is 4. The van der Waals surface area contributed by atoms with Gasteiger partial charge in [-0.05, 0) is 18.4 Å². The first kappa shape index (κ1) is 15.1. The topological polar surface area (TPSA) is 68.0 Å². The Hall–Kier alpha value is -0.940. The summed E-state index contributed by atoms with van der Waals surface area (Å²) in [6.07, 6.45) is 2.01. The molecule has 1 aromatic heterocycles. The number of anilines is 1. The maximum Gasteiger partial charge on any atom is 0.270 e. The number of nitrogen functional groups attached to an aromatic ring is 1. The second kappa shape index (κ2) is 7.35. The lowest BCUT2D eigenvalue weighted by Gasteiger charge is -2.09. The monoisotopic (exact) mass is 261 g/mol. The van der Waals surface area contributed by atoms with Crippen molar-refractivity contribution in [2.45, 2.75) is 12.2 Å². The van der Waals surface area contributed by atoms with Crippen LogP contribution in [0.2, 0.25) is 0 Å². The molecule has 0 aliphatic heterocycles. The van der Waals surface area contributed by atoms with Crippen molar-refractivity contribution in [3.63, 3.8) is 0 Å². The van der Waals surface area contributed by atoms with E-state index in [4.69, 9.17) is 5.73 Å². The molecule has 0 fully saturated rings. The van der Waals surface area contributed by atoms with Gasteiger partial charge in [-0.25, -0.2) is 4.98 Å². The van der Waals surface area contributed by atoms with E-state index >= 15 is 0 Å². The highest BCUT2D eigenvalue weighted by Crippen LogP contribution is 2.04. The normalized spacial score (nSPS) is 11.4. The van der Waals surface area contributed by atoms with Crippen LogP contribution in [0.3, 0.4) is 0 Å². The maximum atomic E-state index is 11.6. The molecule has 3 N–H and O–H groups in total. The van der Waals surface area contributed by atoms with Gasteiger partial charge in [0, 0.05) is 11.8 Å². The van der Waals surface area contributed by atoms with E-state index in [1.54, 1.807) is 30.0 Å². The first-order valence-corrected chi connectivity index (χ1v) is 5.96. The number of hydrogen-bond acceptors (Lipinski definition) is 4. The molecule has 0 aliphatic rings. The van der Waals surface area contributed by atoms with E-state index in [0.717, 1.165) is 0 Å². The second-order valence-corrected chi connectivity index (χ2v) is 4.48. The third-order valence-electron chi connectivity index (χ3n) is 1.96. The molecule has 1 atom stereocenters. The Balaban J connectivity index is 0.00000225. The average molecular weight is 262 g/mol. The number of hydrogen-bond donors (Lipinski definition) is 2. The van der Waals surface area contributed by atoms with Crippen molar-refractivity contribution in [2.75, 3.05) is 18.5 Å². The Labute approximate surface area is 106 Å². The Morgan fingerprint density at radius 2 is 2.31 bits per heavy atom. The fourth-order valence-electron chi connectivity index (χ4n) is 0.988. The number of pyridine rings is 1. The minimum absolute atomic E-state index is 0. The van der Waals surface area contributed by atoms with Gasteiger partial charge < -0.3 is 11.1 Å². The van der Waals surface area contributed by atoms with Crippen LogP contribution in [0.1, 0.15) is 17.4 Å². The number of aromatic nitrogens is 1. The highest BCUT2D eigenvalue weighted by atomic mass is 35.5. The van der Waals surface area contributed by atoms with E-state index in [0.29, 0.717) is 23.3 Å². The highest BCUT2D eigenvalue weighted by Gasteiger charge is 2.08.